The molecule has 0 atom stereocenters. The summed E-state index contributed by atoms with van der Waals surface area (Å²) < 4.78 is 1.87. The molecule has 146 valence electrons. The number of nitro benzene ring substituents is 1. The molecule has 0 saturated heterocycles. The van der Waals surface area contributed by atoms with Crippen molar-refractivity contribution in [3.05, 3.63) is 70.5 Å². The van der Waals surface area contributed by atoms with Crippen molar-refractivity contribution in [2.75, 3.05) is 17.3 Å². The van der Waals surface area contributed by atoms with Gasteiger partial charge < -0.3 is 10.2 Å². The summed E-state index contributed by atoms with van der Waals surface area (Å²) in [6.07, 6.45) is 1.66. The summed E-state index contributed by atoms with van der Waals surface area (Å²) in [4.78, 5) is 21.1. The number of nitrogens with zero attached hydrogens (tertiary/aromatic N) is 6. The minimum atomic E-state index is -0.435. The van der Waals surface area contributed by atoms with Crippen molar-refractivity contribution in [3.8, 4) is 0 Å². The second-order valence-corrected chi connectivity index (χ2v) is 6.64. The molecule has 9 heteroatoms. The number of nitrogens with one attached hydrogen (secondary N) is 1. The van der Waals surface area contributed by atoms with Crippen LogP contribution in [0, 0.1) is 17.0 Å². The van der Waals surface area contributed by atoms with Crippen molar-refractivity contribution in [2.24, 2.45) is 7.05 Å². The Hall–Kier alpha value is -4.01. The van der Waals surface area contributed by atoms with E-state index in [0.717, 1.165) is 22.3 Å². The predicted molar refractivity (Wildman–Crippen MR) is 112 cm³/mol. The maximum Gasteiger partial charge on any atom is 0.269 e. The van der Waals surface area contributed by atoms with Crippen LogP contribution in [0.4, 0.5) is 28.8 Å². The van der Waals surface area contributed by atoms with Gasteiger partial charge in [-0.2, -0.15) is 10.1 Å². The second-order valence-electron chi connectivity index (χ2n) is 6.64. The highest BCUT2D eigenvalue weighted by molar-refractivity contribution is 5.85. The van der Waals surface area contributed by atoms with Crippen molar-refractivity contribution >= 4 is 39.7 Å². The van der Waals surface area contributed by atoms with E-state index in [1.54, 1.807) is 18.3 Å². The average Bonchev–Trinajstić information content (AvgIpc) is 3.01. The second kappa shape index (κ2) is 7.19. The predicted octanol–water partition coefficient (Wildman–Crippen LogP) is 4.09. The van der Waals surface area contributed by atoms with Crippen LogP contribution >= 0.6 is 0 Å². The fraction of sp³-hybridized carbons (Fsp3) is 0.150. The van der Waals surface area contributed by atoms with Gasteiger partial charge >= 0.3 is 0 Å². The van der Waals surface area contributed by atoms with Crippen LogP contribution in [-0.4, -0.2) is 31.7 Å². The molecule has 2 aromatic carbocycles. The molecule has 2 heterocycles. The van der Waals surface area contributed by atoms with E-state index in [4.69, 9.17) is 0 Å². The number of rotatable bonds is 5. The van der Waals surface area contributed by atoms with Gasteiger partial charge in [0.15, 0.2) is 0 Å². The fourth-order valence-electron chi connectivity index (χ4n) is 3.05. The number of aryl methyl sites for hydroxylation is 2. The van der Waals surface area contributed by atoms with Gasteiger partial charge in [0.1, 0.15) is 5.82 Å². The molecule has 0 fully saturated rings. The number of aromatic nitrogens is 4. The van der Waals surface area contributed by atoms with Crippen molar-refractivity contribution < 1.29 is 4.92 Å². The summed E-state index contributed by atoms with van der Waals surface area (Å²) >= 11 is 0. The quantitative estimate of drug-likeness (QED) is 0.405. The Bertz CT molecular complexity index is 1200. The molecule has 0 spiro atoms. The highest BCUT2D eigenvalue weighted by Crippen LogP contribution is 2.27. The number of hydrogen-bond donors (Lipinski definition) is 1. The van der Waals surface area contributed by atoms with Crippen molar-refractivity contribution in [1.82, 2.24) is 19.7 Å². The first kappa shape index (κ1) is 18.4. The molecule has 4 rings (SSSR count). The lowest BCUT2D eigenvalue weighted by atomic mass is 10.2. The van der Waals surface area contributed by atoms with Crippen LogP contribution < -0.4 is 10.2 Å². The molecule has 0 bridgehead atoms. The average molecular weight is 389 g/mol. The van der Waals surface area contributed by atoms with Gasteiger partial charge in [-0.1, -0.05) is 0 Å². The van der Waals surface area contributed by atoms with E-state index in [1.807, 2.05) is 48.8 Å². The van der Waals surface area contributed by atoms with Crippen LogP contribution in [0.15, 0.2) is 54.7 Å². The third-order valence-electron chi connectivity index (χ3n) is 4.82. The molecule has 29 heavy (non-hydrogen) atoms. The van der Waals surface area contributed by atoms with Crippen LogP contribution in [0.25, 0.3) is 10.9 Å². The minimum Gasteiger partial charge on any atom is -0.329 e. The number of fused-ring (bicyclic) bond motifs is 1. The number of hydrogen-bond acceptors (Lipinski definition) is 7. The Morgan fingerprint density at radius 3 is 2.62 bits per heavy atom. The highest BCUT2D eigenvalue weighted by atomic mass is 16.6. The first-order valence-corrected chi connectivity index (χ1v) is 8.94. The van der Waals surface area contributed by atoms with Gasteiger partial charge in [-0.25, -0.2) is 4.98 Å². The van der Waals surface area contributed by atoms with Crippen LogP contribution in [-0.2, 0) is 7.05 Å². The molecule has 4 aromatic rings. The number of anilines is 4. The summed E-state index contributed by atoms with van der Waals surface area (Å²) in [6, 6.07) is 14.0. The van der Waals surface area contributed by atoms with Crippen LogP contribution in [0.1, 0.15) is 5.69 Å². The van der Waals surface area contributed by atoms with Gasteiger partial charge in [0.05, 0.1) is 10.4 Å². The number of non-ortho nitro benzene ring substituents is 1. The molecular formula is C20H19N7O2. The Morgan fingerprint density at radius 2 is 1.90 bits per heavy atom. The third-order valence-corrected chi connectivity index (χ3v) is 4.82. The lowest BCUT2D eigenvalue weighted by Crippen LogP contribution is -2.12. The fourth-order valence-corrected chi connectivity index (χ4v) is 3.05. The van der Waals surface area contributed by atoms with Crippen LogP contribution in [0.2, 0.25) is 0 Å². The third kappa shape index (κ3) is 3.57. The minimum absolute atomic E-state index is 0.0325. The van der Waals surface area contributed by atoms with Gasteiger partial charge in [0.25, 0.3) is 5.69 Å². The zero-order chi connectivity index (χ0) is 20.5. The zero-order valence-corrected chi connectivity index (χ0v) is 16.2. The van der Waals surface area contributed by atoms with E-state index >= 15 is 0 Å². The largest absolute Gasteiger partial charge is 0.329 e. The van der Waals surface area contributed by atoms with Gasteiger partial charge in [-0.15, -0.1) is 0 Å². The van der Waals surface area contributed by atoms with Crippen LogP contribution in [0.5, 0.6) is 0 Å². The van der Waals surface area contributed by atoms with Crippen molar-refractivity contribution in [2.45, 2.75) is 6.92 Å². The monoisotopic (exact) mass is 389 g/mol. The standard InChI is InChI=1S/C20H19N7O2/c1-13-17-9-8-16(12-18(17)24-26(13)3)25(2)19-10-11-21-20(23-19)22-14-4-6-15(7-5-14)27(28)29/h4-12H,1-3H3,(H,21,22,23). The molecule has 9 nitrogen and oxygen atoms in total. The maximum absolute atomic E-state index is 10.8. The highest BCUT2D eigenvalue weighted by Gasteiger charge is 2.11. The number of nitro groups is 1. The summed E-state index contributed by atoms with van der Waals surface area (Å²) in [7, 11) is 3.86. The molecule has 1 N–H and O–H groups in total. The molecule has 0 saturated carbocycles. The molecule has 0 aliphatic heterocycles. The van der Waals surface area contributed by atoms with E-state index in [-0.39, 0.29) is 5.69 Å². The van der Waals surface area contributed by atoms with Gasteiger partial charge in [0.2, 0.25) is 5.95 Å². The van der Waals surface area contributed by atoms with Gasteiger partial charge in [0, 0.05) is 54.9 Å². The van der Waals surface area contributed by atoms with Crippen molar-refractivity contribution in [1.29, 1.82) is 0 Å². The maximum atomic E-state index is 10.8. The van der Waals surface area contributed by atoms with Gasteiger partial charge in [-0.3, -0.25) is 14.8 Å². The zero-order valence-electron chi connectivity index (χ0n) is 16.2. The van der Waals surface area contributed by atoms with E-state index in [0.29, 0.717) is 17.5 Å². The topological polar surface area (TPSA) is 102 Å². The summed E-state index contributed by atoms with van der Waals surface area (Å²) in [5, 5.41) is 19.5. The molecule has 0 unspecified atom stereocenters. The summed E-state index contributed by atoms with van der Waals surface area (Å²) in [5.74, 6) is 1.11. The Balaban J connectivity index is 1.58. The molecule has 0 aliphatic rings. The van der Waals surface area contributed by atoms with E-state index in [2.05, 4.69) is 26.4 Å². The lowest BCUT2D eigenvalue weighted by Gasteiger charge is -2.18. The molecule has 0 amide bonds. The van der Waals surface area contributed by atoms with Crippen LogP contribution in [0.3, 0.4) is 0 Å². The molecular weight excluding hydrogens is 370 g/mol. The number of benzene rings is 2. The first-order valence-electron chi connectivity index (χ1n) is 8.94. The van der Waals surface area contributed by atoms with E-state index < -0.39 is 4.92 Å². The summed E-state index contributed by atoms with van der Waals surface area (Å²) in [5.41, 5.74) is 3.69. The summed E-state index contributed by atoms with van der Waals surface area (Å²) in [6.45, 7) is 2.04. The Labute approximate surface area is 166 Å². The lowest BCUT2D eigenvalue weighted by molar-refractivity contribution is -0.384. The smallest absolute Gasteiger partial charge is 0.269 e. The Morgan fingerprint density at radius 1 is 1.14 bits per heavy atom. The van der Waals surface area contributed by atoms with Crippen molar-refractivity contribution in [3.63, 3.8) is 0 Å². The van der Waals surface area contributed by atoms with E-state index in [9.17, 15) is 10.1 Å². The Kier molecular flexibility index (Phi) is 4.55. The molecule has 0 aliphatic carbocycles. The van der Waals surface area contributed by atoms with Gasteiger partial charge in [-0.05, 0) is 43.3 Å². The SMILES string of the molecule is Cc1c2ccc(N(C)c3ccnc(Nc4ccc([N+](=O)[O-])cc4)n3)cc2nn1C. The first-order chi connectivity index (χ1) is 13.9. The van der Waals surface area contributed by atoms with E-state index in [1.165, 1.54) is 12.1 Å². The molecule has 2 aromatic heterocycles. The molecule has 0 radical (unpaired) electrons. The normalized spacial score (nSPS) is 10.9.